The molecule has 0 bridgehead atoms. The summed E-state index contributed by atoms with van der Waals surface area (Å²) < 4.78 is 23.7. The summed E-state index contributed by atoms with van der Waals surface area (Å²) in [5, 5.41) is 19.7. The minimum atomic E-state index is -3.11. The summed E-state index contributed by atoms with van der Waals surface area (Å²) in [6, 6.07) is 10.5. The molecule has 2 aromatic carbocycles. The Morgan fingerprint density at radius 1 is 1.23 bits per heavy atom. The van der Waals surface area contributed by atoms with Gasteiger partial charge in [-0.2, -0.15) is 0 Å². The van der Waals surface area contributed by atoms with E-state index in [-0.39, 0.29) is 17.3 Å². The van der Waals surface area contributed by atoms with E-state index in [1.165, 1.54) is 17.6 Å². The molecule has 26 heavy (non-hydrogen) atoms. The molecule has 0 spiro atoms. The molecule has 0 aliphatic rings. The van der Waals surface area contributed by atoms with Crippen molar-refractivity contribution in [2.24, 2.45) is 0 Å². The van der Waals surface area contributed by atoms with Gasteiger partial charge in [-0.25, -0.2) is 13.4 Å². The molecule has 3 N–H and O–H groups in total. The number of nitrogens with zero attached hydrogens (tertiary/aromatic N) is 1. The molecular formula is C18H15N3O3S2. The molecule has 8 heteroatoms. The quantitative estimate of drug-likeness (QED) is 0.468. The van der Waals surface area contributed by atoms with Gasteiger partial charge in [-0.15, -0.1) is 11.3 Å². The van der Waals surface area contributed by atoms with Crippen LogP contribution in [0.5, 0.6) is 5.88 Å². The predicted molar refractivity (Wildman–Crippen MR) is 104 cm³/mol. The second-order valence-corrected chi connectivity index (χ2v) is 9.17. The molecule has 4 rings (SSSR count). The van der Waals surface area contributed by atoms with Gasteiger partial charge in [0.25, 0.3) is 0 Å². The molecule has 0 aliphatic carbocycles. The van der Waals surface area contributed by atoms with Crippen molar-refractivity contribution < 1.29 is 13.5 Å². The first-order valence-corrected chi connectivity index (χ1v) is 10.7. The Morgan fingerprint density at radius 3 is 2.65 bits per heavy atom. The minimum absolute atomic E-state index is 0.0412. The van der Waals surface area contributed by atoms with Crippen LogP contribution >= 0.6 is 11.3 Å². The first-order chi connectivity index (χ1) is 12.3. The van der Waals surface area contributed by atoms with E-state index in [1.54, 1.807) is 29.8 Å². The first kappa shape index (κ1) is 16.7. The second kappa shape index (κ2) is 5.93. The molecule has 0 saturated carbocycles. The van der Waals surface area contributed by atoms with Crippen molar-refractivity contribution in [3.05, 3.63) is 58.6 Å². The Morgan fingerprint density at radius 2 is 1.96 bits per heavy atom. The predicted octanol–water partition coefficient (Wildman–Crippen LogP) is 3.44. The SMILES string of the molecule is CS(=O)(=O)Cc1ccc(C(=N)c2c(O)[nH]c3ccc4ncsc4c23)cc1. The fourth-order valence-corrected chi connectivity index (χ4v) is 4.69. The molecule has 0 fully saturated rings. The Balaban J connectivity index is 1.81. The average molecular weight is 385 g/mol. The maximum atomic E-state index is 11.4. The zero-order chi connectivity index (χ0) is 18.5. The van der Waals surface area contributed by atoms with E-state index < -0.39 is 9.84 Å². The van der Waals surface area contributed by atoms with Crippen LogP contribution in [0.1, 0.15) is 16.7 Å². The molecule has 0 aliphatic heterocycles. The monoisotopic (exact) mass is 385 g/mol. The largest absolute Gasteiger partial charge is 0.494 e. The Labute approximate surface area is 153 Å². The first-order valence-electron chi connectivity index (χ1n) is 7.76. The Hall–Kier alpha value is -2.71. The topological polar surface area (TPSA) is 107 Å². The van der Waals surface area contributed by atoms with Gasteiger partial charge in [-0.05, 0) is 17.7 Å². The van der Waals surface area contributed by atoms with Crippen molar-refractivity contribution in [3.63, 3.8) is 0 Å². The van der Waals surface area contributed by atoms with Gasteiger partial charge in [0.15, 0.2) is 15.7 Å². The molecule has 4 aromatic rings. The smallest absolute Gasteiger partial charge is 0.199 e. The number of nitrogens with one attached hydrogen (secondary N) is 2. The molecule has 2 aromatic heterocycles. The molecular weight excluding hydrogens is 370 g/mol. The molecule has 6 nitrogen and oxygen atoms in total. The summed E-state index contributed by atoms with van der Waals surface area (Å²) in [4.78, 5) is 7.21. The number of sulfone groups is 1. The summed E-state index contributed by atoms with van der Waals surface area (Å²) in [6.07, 6.45) is 1.19. The van der Waals surface area contributed by atoms with Crippen molar-refractivity contribution >= 4 is 48.0 Å². The highest BCUT2D eigenvalue weighted by Gasteiger charge is 2.20. The Kier molecular flexibility index (Phi) is 3.82. The van der Waals surface area contributed by atoms with Crippen molar-refractivity contribution in [1.29, 1.82) is 5.41 Å². The van der Waals surface area contributed by atoms with E-state index in [0.717, 1.165) is 21.1 Å². The number of hydrogen-bond acceptors (Lipinski definition) is 6. The van der Waals surface area contributed by atoms with Crippen molar-refractivity contribution in [2.45, 2.75) is 5.75 Å². The van der Waals surface area contributed by atoms with Crippen LogP contribution < -0.4 is 0 Å². The molecule has 0 unspecified atom stereocenters. The van der Waals surface area contributed by atoms with Crippen LogP contribution in [0.2, 0.25) is 0 Å². The summed E-state index contributed by atoms with van der Waals surface area (Å²) in [6.45, 7) is 0. The molecule has 0 atom stereocenters. The lowest BCUT2D eigenvalue weighted by Gasteiger charge is -2.06. The van der Waals surface area contributed by atoms with E-state index in [1.807, 2.05) is 12.1 Å². The second-order valence-electron chi connectivity index (χ2n) is 6.18. The number of aromatic amines is 1. The maximum Gasteiger partial charge on any atom is 0.199 e. The minimum Gasteiger partial charge on any atom is -0.494 e. The van der Waals surface area contributed by atoms with Crippen molar-refractivity contribution in [2.75, 3.05) is 6.26 Å². The summed E-state index contributed by atoms with van der Waals surface area (Å²) in [5.74, 6) is -0.105. The number of aromatic hydroxyl groups is 1. The van der Waals surface area contributed by atoms with Gasteiger partial charge in [-0.3, -0.25) is 5.41 Å². The molecule has 0 radical (unpaired) electrons. The fraction of sp³-hybridized carbons (Fsp3) is 0.111. The van der Waals surface area contributed by atoms with Gasteiger partial charge < -0.3 is 10.1 Å². The van der Waals surface area contributed by atoms with Crippen LogP contribution in [0.4, 0.5) is 0 Å². The number of fused-ring (bicyclic) bond motifs is 3. The summed E-state index contributed by atoms with van der Waals surface area (Å²) in [7, 11) is -3.11. The van der Waals surface area contributed by atoms with Crippen molar-refractivity contribution in [1.82, 2.24) is 9.97 Å². The van der Waals surface area contributed by atoms with Gasteiger partial charge in [-0.1, -0.05) is 24.3 Å². The molecule has 0 amide bonds. The lowest BCUT2D eigenvalue weighted by atomic mass is 10.0. The van der Waals surface area contributed by atoms with Crippen LogP contribution in [0, 0.1) is 5.41 Å². The third kappa shape index (κ3) is 2.87. The lowest BCUT2D eigenvalue weighted by molar-refractivity contribution is 0.457. The van der Waals surface area contributed by atoms with Crippen molar-refractivity contribution in [3.8, 4) is 5.88 Å². The maximum absolute atomic E-state index is 11.4. The molecule has 0 saturated heterocycles. The van der Waals surface area contributed by atoms with Crippen LogP contribution in [-0.4, -0.2) is 35.5 Å². The summed E-state index contributed by atoms with van der Waals surface area (Å²) >= 11 is 1.46. The van der Waals surface area contributed by atoms with E-state index >= 15 is 0 Å². The highest BCUT2D eigenvalue weighted by Crippen LogP contribution is 2.36. The number of benzene rings is 2. The number of aromatic nitrogens is 2. The Bertz CT molecular complexity index is 1250. The third-order valence-electron chi connectivity index (χ3n) is 4.16. The van der Waals surface area contributed by atoms with Crippen LogP contribution in [-0.2, 0) is 15.6 Å². The lowest BCUT2D eigenvalue weighted by Crippen LogP contribution is -2.03. The highest BCUT2D eigenvalue weighted by atomic mass is 32.2. The van der Waals surface area contributed by atoms with Gasteiger partial charge >= 0.3 is 0 Å². The van der Waals surface area contributed by atoms with Crippen LogP contribution in [0.15, 0.2) is 41.9 Å². The summed E-state index contributed by atoms with van der Waals surface area (Å²) in [5.41, 5.74) is 5.15. The molecule has 132 valence electrons. The number of rotatable bonds is 4. The number of thiazole rings is 1. The van der Waals surface area contributed by atoms with Crippen LogP contribution in [0.3, 0.4) is 0 Å². The van der Waals surface area contributed by atoms with Gasteiger partial charge in [0, 0.05) is 17.2 Å². The number of H-pyrrole nitrogens is 1. The average Bonchev–Trinajstić information content (AvgIpc) is 3.16. The zero-order valence-electron chi connectivity index (χ0n) is 13.8. The molecule has 2 heterocycles. The van der Waals surface area contributed by atoms with Gasteiger partial charge in [0.05, 0.1) is 38.3 Å². The normalized spacial score (nSPS) is 12.0. The van der Waals surface area contributed by atoms with Gasteiger partial charge in [0.2, 0.25) is 0 Å². The third-order valence-corrected chi connectivity index (χ3v) is 5.88. The van der Waals surface area contributed by atoms with Crippen LogP contribution in [0.25, 0.3) is 21.1 Å². The standard InChI is InChI=1S/C18H15N3O3S2/c1-26(23,24)8-10-2-4-11(5-3-10)16(19)15-14-12(21-18(15)22)6-7-13-17(14)25-9-20-13/h2-7,9,19,21-22H,8H2,1H3. The van der Waals surface area contributed by atoms with E-state index in [4.69, 9.17) is 5.41 Å². The van der Waals surface area contributed by atoms with Gasteiger partial charge in [0.1, 0.15) is 0 Å². The van der Waals surface area contributed by atoms with E-state index in [0.29, 0.717) is 16.7 Å². The van der Waals surface area contributed by atoms with E-state index in [2.05, 4.69) is 9.97 Å². The highest BCUT2D eigenvalue weighted by molar-refractivity contribution is 7.89. The number of hydrogen-bond donors (Lipinski definition) is 3. The fourth-order valence-electron chi connectivity index (χ4n) is 3.05. The zero-order valence-corrected chi connectivity index (χ0v) is 15.4. The van der Waals surface area contributed by atoms with E-state index in [9.17, 15) is 13.5 Å².